The summed E-state index contributed by atoms with van der Waals surface area (Å²) in [4.78, 5) is 8.20. The number of nitrogens with zero attached hydrogens (tertiary/aromatic N) is 3. The highest BCUT2D eigenvalue weighted by Crippen LogP contribution is 2.42. The Morgan fingerprint density at radius 3 is 2.10 bits per heavy atom. The number of para-hydroxylation sites is 4. The van der Waals surface area contributed by atoms with Crippen LogP contribution in [0.2, 0.25) is 0 Å². The fraction of sp³-hybridized carbons (Fsp3) is 0. The minimum absolute atomic E-state index is 0.893. The first kappa shape index (κ1) is 25.8. The standard InChI is InChI=1S/C41H23N3O2.2Al/c1-3-13-30(14-4-1)43(31-15-11-16-32(27-31)44-39-23-9-7-21-37(39)38-22-8-10-24-40(38)44)41-26-25-36(29-42-41)46-35-20-12-19-34(28-35)45-33-17-5-2-6-18-33;;/h1-17,19-23,25H;;. The third-order valence-corrected chi connectivity index (χ3v) is 17.2. The number of pyridine rings is 1. The van der Waals surface area contributed by atoms with E-state index in [9.17, 15) is 0 Å². The number of hydrogen-bond donors (Lipinski definition) is 0. The summed E-state index contributed by atoms with van der Waals surface area (Å²) < 4.78 is 23.5. The van der Waals surface area contributed by atoms with Gasteiger partial charge in [-0.25, -0.2) is 0 Å². The van der Waals surface area contributed by atoms with Gasteiger partial charge in [0.25, 0.3) is 0 Å². The molecule has 0 bridgehead atoms. The van der Waals surface area contributed by atoms with E-state index >= 15 is 0 Å². The van der Waals surface area contributed by atoms with Crippen molar-refractivity contribution in [3.8, 4) is 28.7 Å². The number of fused-ring (bicyclic) bond motifs is 11. The van der Waals surface area contributed by atoms with Gasteiger partial charge in [-0.05, 0) is 59.0 Å². The molecule has 0 aliphatic carbocycles. The van der Waals surface area contributed by atoms with Crippen LogP contribution in [0.5, 0.6) is 23.0 Å². The number of hydrogen-bond acceptors (Lipinski definition) is 4. The molecule has 2 aromatic heterocycles. The molecular weight excluding hydrogens is 620 g/mol. The van der Waals surface area contributed by atoms with E-state index in [2.05, 4.69) is 143 Å². The van der Waals surface area contributed by atoms with Crippen molar-refractivity contribution < 1.29 is 9.47 Å². The largest absolute Gasteiger partial charge is 0.460 e. The third kappa shape index (κ3) is 3.16. The maximum absolute atomic E-state index is 6.86. The molecule has 6 heterocycles. The minimum atomic E-state index is -2.03. The summed E-state index contributed by atoms with van der Waals surface area (Å²) in [5.74, 6) is 4.65. The summed E-state index contributed by atoms with van der Waals surface area (Å²) in [6.45, 7) is 0. The first-order chi connectivity index (χ1) is 23.8. The van der Waals surface area contributed by atoms with Crippen LogP contribution in [0, 0.1) is 0 Å². The number of anilines is 3. The Morgan fingerprint density at radius 2 is 1.19 bits per heavy atom. The van der Waals surface area contributed by atoms with Gasteiger partial charge in [0.05, 0.1) is 5.52 Å². The van der Waals surface area contributed by atoms with Crippen LogP contribution in [0.3, 0.4) is 0 Å². The summed E-state index contributed by atoms with van der Waals surface area (Å²) >= 11 is -4.06. The fourth-order valence-electron chi connectivity index (χ4n) is 8.85. The van der Waals surface area contributed by atoms with Crippen LogP contribution in [-0.2, 0) is 0 Å². The zero-order valence-corrected chi connectivity index (χ0v) is 27.9. The van der Waals surface area contributed by atoms with Crippen LogP contribution in [0.15, 0.2) is 140 Å². The highest BCUT2D eigenvalue weighted by Gasteiger charge is 2.48. The Bertz CT molecular complexity index is 2720. The Kier molecular flexibility index (Phi) is 4.94. The summed E-state index contributed by atoms with van der Waals surface area (Å²) in [6, 6.07) is 50.5. The number of rotatable bonds is 1. The van der Waals surface area contributed by atoms with Crippen molar-refractivity contribution in [2.24, 2.45) is 0 Å². The predicted molar refractivity (Wildman–Crippen MR) is 196 cm³/mol. The monoisotopic (exact) mass is 643 g/mol. The van der Waals surface area contributed by atoms with Crippen molar-refractivity contribution in [1.29, 1.82) is 0 Å². The Balaban J connectivity index is 1.21. The Labute approximate surface area is 284 Å². The predicted octanol–water partition coefficient (Wildman–Crippen LogP) is 5.52. The molecule has 7 heteroatoms. The number of aromatic nitrogens is 2. The molecular formula is C41H23Al2N3O2. The molecule has 0 N–H and O–H groups in total. The van der Waals surface area contributed by atoms with Gasteiger partial charge in [-0.3, -0.25) is 9.88 Å². The van der Waals surface area contributed by atoms with Gasteiger partial charge in [-0.2, -0.15) is 0 Å². The molecule has 5 nitrogen and oxygen atoms in total. The number of ether oxygens (including phenoxy) is 2. The first-order valence-corrected chi connectivity index (χ1v) is 19.9. The Morgan fingerprint density at radius 1 is 0.500 bits per heavy atom. The molecule has 0 saturated carbocycles. The van der Waals surface area contributed by atoms with Crippen molar-refractivity contribution >= 4 is 94.0 Å². The second kappa shape index (κ2) is 9.21. The smallest absolute Gasteiger partial charge is 0.435 e. The summed E-state index contributed by atoms with van der Waals surface area (Å²) in [7, 11) is 0. The lowest BCUT2D eigenvalue weighted by Gasteiger charge is -2.40. The van der Waals surface area contributed by atoms with E-state index in [1.807, 2.05) is 6.07 Å². The molecule has 4 aliphatic heterocycles. The van der Waals surface area contributed by atoms with Crippen LogP contribution >= 0.6 is 0 Å². The summed E-state index contributed by atoms with van der Waals surface area (Å²) in [6.07, 6.45) is 0. The van der Waals surface area contributed by atoms with Crippen molar-refractivity contribution in [3.05, 3.63) is 140 Å². The van der Waals surface area contributed by atoms with Crippen molar-refractivity contribution in [2.45, 2.75) is 0 Å². The molecule has 12 rings (SSSR count). The molecule has 0 atom stereocenters. The van der Waals surface area contributed by atoms with Crippen LogP contribution in [0.1, 0.15) is 0 Å². The first-order valence-electron chi connectivity index (χ1n) is 16.5. The van der Waals surface area contributed by atoms with Gasteiger partial charge in [0, 0.05) is 37.9 Å². The molecule has 220 valence electrons. The van der Waals surface area contributed by atoms with Crippen molar-refractivity contribution in [2.75, 3.05) is 4.90 Å². The molecule has 0 fully saturated rings. The van der Waals surface area contributed by atoms with Gasteiger partial charge in [-0.1, -0.05) is 103 Å². The van der Waals surface area contributed by atoms with E-state index < -0.39 is 28.3 Å². The molecule has 48 heavy (non-hydrogen) atoms. The van der Waals surface area contributed by atoms with E-state index in [4.69, 9.17) is 14.5 Å². The van der Waals surface area contributed by atoms with Gasteiger partial charge in [0.15, 0.2) is 0 Å². The fourth-order valence-corrected chi connectivity index (χ4v) is 15.7. The lowest BCUT2D eigenvalue weighted by Crippen LogP contribution is -2.63. The van der Waals surface area contributed by atoms with Gasteiger partial charge < -0.3 is 14.0 Å². The Hall–Kier alpha value is -5.27. The van der Waals surface area contributed by atoms with Crippen LogP contribution in [-0.4, -0.2) is 37.8 Å². The topological polar surface area (TPSA) is 39.5 Å². The van der Waals surface area contributed by atoms with Crippen LogP contribution < -0.4 is 41.1 Å². The highest BCUT2D eigenvalue weighted by molar-refractivity contribution is 7.01. The maximum Gasteiger partial charge on any atom is 0.435 e. The molecule has 0 unspecified atom stereocenters. The van der Waals surface area contributed by atoms with E-state index in [0.717, 1.165) is 39.1 Å². The quantitative estimate of drug-likeness (QED) is 0.221. The van der Waals surface area contributed by atoms with E-state index in [-0.39, 0.29) is 0 Å². The van der Waals surface area contributed by atoms with Crippen LogP contribution in [0.25, 0.3) is 27.5 Å². The lowest BCUT2D eigenvalue weighted by atomic mass is 10.1. The van der Waals surface area contributed by atoms with Crippen molar-refractivity contribution in [3.63, 3.8) is 0 Å². The molecule has 0 saturated heterocycles. The zero-order valence-electron chi connectivity index (χ0n) is 25.6. The minimum Gasteiger partial charge on any atom is -0.460 e. The maximum atomic E-state index is 6.86. The second-order valence-corrected chi connectivity index (χ2v) is 18.3. The average Bonchev–Trinajstić information content (AvgIpc) is 3.48. The second-order valence-electron chi connectivity index (χ2n) is 13.0. The van der Waals surface area contributed by atoms with Gasteiger partial charge in [0.1, 0.15) is 28.8 Å². The van der Waals surface area contributed by atoms with E-state index in [1.165, 1.54) is 55.3 Å². The van der Waals surface area contributed by atoms with Gasteiger partial charge in [-0.15, -0.1) is 0 Å². The zero-order chi connectivity index (χ0) is 31.1. The molecule has 0 amide bonds. The van der Waals surface area contributed by atoms with E-state index in [1.54, 1.807) is 0 Å². The van der Waals surface area contributed by atoms with Crippen molar-refractivity contribution in [1.82, 2.24) is 9.55 Å². The molecule has 6 aromatic carbocycles. The highest BCUT2D eigenvalue weighted by atomic mass is 27.2. The average molecular weight is 644 g/mol. The van der Waals surface area contributed by atoms with Gasteiger partial charge in [0.2, 0.25) is 0 Å². The molecule has 0 spiro atoms. The summed E-state index contributed by atoms with van der Waals surface area (Å²) in [5, 5.41) is 2.61. The SMILES string of the molecule is c1ccc(N2c3cccc4[c]3[Al]([c]3cc5[c](nc32)[Al]2[c]3ccccc3Oc3cccc([c]32)O5)[c]2cccc3c5ccccc5n-4c23)cc1. The lowest BCUT2D eigenvalue weighted by molar-refractivity contribution is 0.463. The summed E-state index contributed by atoms with van der Waals surface area (Å²) in [5.41, 5.74) is 6.20. The van der Waals surface area contributed by atoms with Gasteiger partial charge >= 0.3 is 28.3 Å². The normalized spacial score (nSPS) is 14.0. The molecule has 0 radical (unpaired) electrons. The van der Waals surface area contributed by atoms with Crippen LogP contribution in [0.4, 0.5) is 17.2 Å². The van der Waals surface area contributed by atoms with E-state index in [0.29, 0.717) is 0 Å². The number of benzene rings is 6. The third-order valence-electron chi connectivity index (χ3n) is 10.7. The molecule has 8 aromatic rings. The molecule has 4 aliphatic rings.